The standard InChI is InChI=1S/C15H24N2O3/c1-15(2)6-10(15)7-16-14(20)17-12-9-4-3-8(5-9)11(12)13(18)19/h8-12H,3-7H2,1-2H3,(H,18,19)(H2,16,17,20). The van der Waals surface area contributed by atoms with E-state index < -0.39 is 11.9 Å². The number of rotatable bonds is 4. The number of carbonyl (C=O) groups excluding carboxylic acids is 1. The highest BCUT2D eigenvalue weighted by atomic mass is 16.4. The molecule has 0 aromatic carbocycles. The van der Waals surface area contributed by atoms with Gasteiger partial charge in [0.05, 0.1) is 5.92 Å². The maximum absolute atomic E-state index is 12.0. The van der Waals surface area contributed by atoms with Gasteiger partial charge in [0.2, 0.25) is 0 Å². The second kappa shape index (κ2) is 4.64. The van der Waals surface area contributed by atoms with Gasteiger partial charge in [-0.1, -0.05) is 13.8 Å². The molecule has 0 aliphatic heterocycles. The molecule has 0 aromatic heterocycles. The molecule has 2 amide bonds. The number of aliphatic carboxylic acids is 1. The van der Waals surface area contributed by atoms with Crippen molar-refractivity contribution >= 4 is 12.0 Å². The summed E-state index contributed by atoms with van der Waals surface area (Å²) in [5, 5.41) is 15.2. The molecule has 5 nitrogen and oxygen atoms in total. The molecule has 0 spiro atoms. The monoisotopic (exact) mass is 280 g/mol. The molecule has 20 heavy (non-hydrogen) atoms. The van der Waals surface area contributed by atoms with E-state index in [0.717, 1.165) is 25.7 Å². The number of carboxylic acid groups (broad SMARTS) is 1. The van der Waals surface area contributed by atoms with Crippen LogP contribution in [0.3, 0.4) is 0 Å². The Morgan fingerprint density at radius 1 is 1.25 bits per heavy atom. The Hall–Kier alpha value is -1.26. The summed E-state index contributed by atoms with van der Waals surface area (Å²) in [7, 11) is 0. The van der Waals surface area contributed by atoms with Gasteiger partial charge in [0.15, 0.2) is 0 Å². The third-order valence-electron chi connectivity index (χ3n) is 5.73. The van der Waals surface area contributed by atoms with Gasteiger partial charge in [0.25, 0.3) is 0 Å². The van der Waals surface area contributed by atoms with Crippen LogP contribution in [0.4, 0.5) is 4.79 Å². The summed E-state index contributed by atoms with van der Waals surface area (Å²) in [4.78, 5) is 23.3. The van der Waals surface area contributed by atoms with E-state index in [1.165, 1.54) is 0 Å². The first-order chi connectivity index (χ1) is 9.38. The lowest BCUT2D eigenvalue weighted by molar-refractivity contribution is -0.144. The number of fused-ring (bicyclic) bond motifs is 2. The number of urea groups is 1. The van der Waals surface area contributed by atoms with Crippen molar-refractivity contribution in [1.82, 2.24) is 10.6 Å². The summed E-state index contributed by atoms with van der Waals surface area (Å²) in [6.45, 7) is 5.10. The van der Waals surface area contributed by atoms with Crippen LogP contribution in [0.1, 0.15) is 39.5 Å². The van der Waals surface area contributed by atoms with Gasteiger partial charge in [0.1, 0.15) is 0 Å². The molecule has 0 radical (unpaired) electrons. The second-order valence-electron chi connectivity index (χ2n) is 7.47. The highest BCUT2D eigenvalue weighted by molar-refractivity contribution is 5.77. The molecule has 3 saturated carbocycles. The minimum Gasteiger partial charge on any atom is -0.481 e. The first-order valence-electron chi connectivity index (χ1n) is 7.65. The molecular formula is C15H24N2O3. The minimum absolute atomic E-state index is 0.182. The van der Waals surface area contributed by atoms with Crippen molar-refractivity contribution in [3.63, 3.8) is 0 Å². The van der Waals surface area contributed by atoms with Crippen molar-refractivity contribution in [3.05, 3.63) is 0 Å². The SMILES string of the molecule is CC1(C)CC1CNC(=O)NC1C2CCC(C2)C1C(=O)O. The number of carbonyl (C=O) groups is 2. The lowest BCUT2D eigenvalue weighted by Crippen LogP contribution is -2.50. The van der Waals surface area contributed by atoms with Crippen molar-refractivity contribution in [2.45, 2.75) is 45.6 Å². The van der Waals surface area contributed by atoms with Crippen molar-refractivity contribution in [3.8, 4) is 0 Å². The second-order valence-corrected chi connectivity index (χ2v) is 7.47. The van der Waals surface area contributed by atoms with Crippen molar-refractivity contribution in [2.75, 3.05) is 6.54 Å². The highest BCUT2D eigenvalue weighted by Crippen LogP contribution is 2.51. The topological polar surface area (TPSA) is 78.4 Å². The molecule has 5 unspecified atom stereocenters. The predicted molar refractivity (Wildman–Crippen MR) is 74.2 cm³/mol. The van der Waals surface area contributed by atoms with Crippen LogP contribution >= 0.6 is 0 Å². The van der Waals surface area contributed by atoms with Crippen molar-refractivity contribution in [2.24, 2.45) is 29.1 Å². The van der Waals surface area contributed by atoms with Crippen LogP contribution in [0.5, 0.6) is 0 Å². The van der Waals surface area contributed by atoms with Gasteiger partial charge in [-0.2, -0.15) is 0 Å². The summed E-state index contributed by atoms with van der Waals surface area (Å²) in [6.07, 6.45) is 4.16. The van der Waals surface area contributed by atoms with Crippen LogP contribution in [0, 0.1) is 29.1 Å². The molecule has 3 aliphatic rings. The van der Waals surface area contributed by atoms with E-state index in [1.807, 2.05) is 0 Å². The Morgan fingerprint density at radius 2 is 1.90 bits per heavy atom. The Balaban J connectivity index is 1.51. The summed E-state index contributed by atoms with van der Waals surface area (Å²) < 4.78 is 0. The van der Waals surface area contributed by atoms with Crippen molar-refractivity contribution in [1.29, 1.82) is 0 Å². The molecule has 3 aliphatic carbocycles. The zero-order chi connectivity index (χ0) is 14.5. The number of nitrogens with one attached hydrogen (secondary N) is 2. The Labute approximate surface area is 119 Å². The Kier molecular flexibility index (Phi) is 3.18. The average molecular weight is 280 g/mol. The molecule has 3 fully saturated rings. The van der Waals surface area contributed by atoms with E-state index in [0.29, 0.717) is 23.8 Å². The van der Waals surface area contributed by atoms with Crippen LogP contribution in [0.25, 0.3) is 0 Å². The van der Waals surface area contributed by atoms with Crippen LogP contribution < -0.4 is 10.6 Å². The Bertz CT molecular complexity index is 435. The lowest BCUT2D eigenvalue weighted by atomic mass is 9.84. The normalized spacial score (nSPS) is 40.4. The summed E-state index contributed by atoms with van der Waals surface area (Å²) in [6, 6.07) is -0.380. The van der Waals surface area contributed by atoms with Crippen LogP contribution in [0.15, 0.2) is 0 Å². The molecule has 5 atom stereocenters. The van der Waals surface area contributed by atoms with E-state index in [1.54, 1.807) is 0 Å². The summed E-state index contributed by atoms with van der Waals surface area (Å²) in [5.41, 5.74) is 0.351. The number of hydrogen-bond donors (Lipinski definition) is 3. The minimum atomic E-state index is -0.758. The Morgan fingerprint density at radius 3 is 2.50 bits per heavy atom. The third kappa shape index (κ3) is 2.38. The van der Waals surface area contributed by atoms with Crippen LogP contribution in [0.2, 0.25) is 0 Å². The summed E-state index contributed by atoms with van der Waals surface area (Å²) in [5.74, 6) is 0.0145. The molecular weight excluding hydrogens is 256 g/mol. The highest BCUT2D eigenvalue weighted by Gasteiger charge is 2.51. The van der Waals surface area contributed by atoms with Gasteiger partial charge >= 0.3 is 12.0 Å². The van der Waals surface area contributed by atoms with Gasteiger partial charge in [0, 0.05) is 12.6 Å². The molecule has 2 bridgehead atoms. The van der Waals surface area contributed by atoms with E-state index in [4.69, 9.17) is 0 Å². The fourth-order valence-electron chi connectivity index (χ4n) is 4.20. The summed E-state index contributed by atoms with van der Waals surface area (Å²) >= 11 is 0. The maximum Gasteiger partial charge on any atom is 0.315 e. The molecule has 5 heteroatoms. The molecule has 112 valence electrons. The molecule has 0 saturated heterocycles. The van der Waals surface area contributed by atoms with Gasteiger partial charge < -0.3 is 15.7 Å². The lowest BCUT2D eigenvalue weighted by Gasteiger charge is -2.28. The third-order valence-corrected chi connectivity index (χ3v) is 5.73. The van der Waals surface area contributed by atoms with Gasteiger partial charge in [-0.15, -0.1) is 0 Å². The molecule has 0 aromatic rings. The van der Waals surface area contributed by atoms with Gasteiger partial charge in [-0.05, 0) is 48.9 Å². The molecule has 0 heterocycles. The number of amides is 2. The largest absolute Gasteiger partial charge is 0.481 e. The van der Waals surface area contributed by atoms with Crippen LogP contribution in [-0.4, -0.2) is 29.7 Å². The zero-order valence-electron chi connectivity index (χ0n) is 12.2. The number of hydrogen-bond acceptors (Lipinski definition) is 2. The van der Waals surface area contributed by atoms with E-state index >= 15 is 0 Å². The first-order valence-corrected chi connectivity index (χ1v) is 7.65. The molecule has 3 N–H and O–H groups in total. The van der Waals surface area contributed by atoms with E-state index in [2.05, 4.69) is 24.5 Å². The van der Waals surface area contributed by atoms with Crippen molar-refractivity contribution < 1.29 is 14.7 Å². The van der Waals surface area contributed by atoms with Gasteiger partial charge in [-0.3, -0.25) is 4.79 Å². The zero-order valence-corrected chi connectivity index (χ0v) is 12.2. The fourth-order valence-corrected chi connectivity index (χ4v) is 4.20. The average Bonchev–Trinajstić information content (AvgIpc) is 2.76. The quantitative estimate of drug-likeness (QED) is 0.735. The van der Waals surface area contributed by atoms with E-state index in [-0.39, 0.29) is 18.0 Å². The van der Waals surface area contributed by atoms with E-state index in [9.17, 15) is 14.7 Å². The predicted octanol–water partition coefficient (Wildman–Crippen LogP) is 1.83. The van der Waals surface area contributed by atoms with Crippen LogP contribution in [-0.2, 0) is 4.79 Å². The molecule has 3 rings (SSSR count). The number of carboxylic acids is 1. The van der Waals surface area contributed by atoms with Gasteiger partial charge in [-0.25, -0.2) is 4.79 Å². The maximum atomic E-state index is 12.0. The smallest absolute Gasteiger partial charge is 0.315 e. The first kappa shape index (κ1) is 13.7. The fraction of sp³-hybridized carbons (Fsp3) is 0.867.